The van der Waals surface area contributed by atoms with Crippen molar-refractivity contribution in [2.45, 2.75) is 32.9 Å². The molecular weight excluding hydrogens is 258 g/mol. The molecule has 2 rings (SSSR count). The predicted octanol–water partition coefficient (Wildman–Crippen LogP) is 1.46. The van der Waals surface area contributed by atoms with Crippen molar-refractivity contribution in [1.82, 2.24) is 15.3 Å². The number of carbonyl (C=O) groups is 1. The summed E-state index contributed by atoms with van der Waals surface area (Å²) >= 11 is 0. The summed E-state index contributed by atoms with van der Waals surface area (Å²) in [7, 11) is 0. The first-order valence-corrected chi connectivity index (χ1v) is 6.65. The van der Waals surface area contributed by atoms with E-state index >= 15 is 0 Å². The molecule has 1 amide bonds. The number of H-pyrrole nitrogens is 2. The van der Waals surface area contributed by atoms with Gasteiger partial charge in [-0.1, -0.05) is 6.07 Å². The van der Waals surface area contributed by atoms with Gasteiger partial charge in [-0.15, -0.1) is 0 Å². The molecule has 0 fully saturated rings. The molecule has 0 aliphatic carbocycles. The van der Waals surface area contributed by atoms with Crippen molar-refractivity contribution >= 4 is 16.9 Å². The summed E-state index contributed by atoms with van der Waals surface area (Å²) in [5, 5.41) is 2.89. The zero-order valence-electron chi connectivity index (χ0n) is 11.8. The zero-order valence-corrected chi connectivity index (χ0v) is 11.8. The van der Waals surface area contributed by atoms with Crippen molar-refractivity contribution in [3.63, 3.8) is 0 Å². The molecule has 20 heavy (non-hydrogen) atoms. The molecule has 108 valence electrons. The summed E-state index contributed by atoms with van der Waals surface area (Å²) in [5.74, 6) is -0.151. The van der Waals surface area contributed by atoms with Crippen LogP contribution in [-0.2, 0) is 9.53 Å². The molecule has 2 atom stereocenters. The maximum atomic E-state index is 11.9. The summed E-state index contributed by atoms with van der Waals surface area (Å²) in [6, 6.07) is 5.39. The highest BCUT2D eigenvalue weighted by molar-refractivity contribution is 5.81. The Morgan fingerprint density at radius 1 is 1.30 bits per heavy atom. The van der Waals surface area contributed by atoms with Gasteiger partial charge < -0.3 is 20.0 Å². The van der Waals surface area contributed by atoms with Gasteiger partial charge in [0.15, 0.2) is 0 Å². The quantitative estimate of drug-likeness (QED) is 0.773. The fourth-order valence-electron chi connectivity index (χ4n) is 2.06. The number of nitrogens with one attached hydrogen (secondary N) is 3. The number of fused-ring (bicyclic) bond motifs is 1. The lowest BCUT2D eigenvalue weighted by Crippen LogP contribution is -2.36. The van der Waals surface area contributed by atoms with Crippen LogP contribution in [0, 0.1) is 0 Å². The minimum atomic E-state index is -0.474. The van der Waals surface area contributed by atoms with Gasteiger partial charge >= 0.3 is 5.69 Å². The summed E-state index contributed by atoms with van der Waals surface area (Å²) in [6.07, 6.45) is -0.474. The number of amides is 1. The third-order valence-corrected chi connectivity index (χ3v) is 3.18. The summed E-state index contributed by atoms with van der Waals surface area (Å²) in [5.41, 5.74) is 2.16. The summed E-state index contributed by atoms with van der Waals surface area (Å²) in [4.78, 5) is 28.5. The molecule has 0 bridgehead atoms. The molecule has 6 nitrogen and oxygen atoms in total. The third kappa shape index (κ3) is 3.08. The van der Waals surface area contributed by atoms with Gasteiger partial charge in [0.25, 0.3) is 0 Å². The van der Waals surface area contributed by atoms with Gasteiger partial charge in [-0.3, -0.25) is 4.79 Å². The lowest BCUT2D eigenvalue weighted by molar-refractivity contribution is -0.132. The fraction of sp³-hybridized carbons (Fsp3) is 0.429. The number of hydrogen-bond acceptors (Lipinski definition) is 3. The van der Waals surface area contributed by atoms with Gasteiger partial charge in [0, 0.05) is 6.61 Å². The molecule has 0 saturated carbocycles. The molecular formula is C14H19N3O3. The molecule has 3 N–H and O–H groups in total. The van der Waals surface area contributed by atoms with E-state index in [0.717, 1.165) is 16.6 Å². The second-order valence-corrected chi connectivity index (χ2v) is 4.71. The molecule has 1 heterocycles. The lowest BCUT2D eigenvalue weighted by Gasteiger charge is -2.18. The number of ether oxygens (including phenoxy) is 1. The lowest BCUT2D eigenvalue weighted by atomic mass is 10.1. The van der Waals surface area contributed by atoms with Crippen LogP contribution >= 0.6 is 0 Å². The van der Waals surface area contributed by atoms with E-state index in [1.165, 1.54) is 0 Å². The van der Waals surface area contributed by atoms with Crippen LogP contribution in [0.3, 0.4) is 0 Å². The van der Waals surface area contributed by atoms with E-state index in [1.54, 1.807) is 6.92 Å². The molecule has 1 aromatic carbocycles. The van der Waals surface area contributed by atoms with E-state index in [2.05, 4.69) is 15.3 Å². The maximum Gasteiger partial charge on any atom is 0.323 e. The Kier molecular flexibility index (Phi) is 4.24. The third-order valence-electron chi connectivity index (χ3n) is 3.18. The molecule has 2 aromatic rings. The van der Waals surface area contributed by atoms with Gasteiger partial charge in [0.05, 0.1) is 17.1 Å². The van der Waals surface area contributed by atoms with E-state index in [-0.39, 0.29) is 17.6 Å². The minimum absolute atomic E-state index is 0.151. The van der Waals surface area contributed by atoms with E-state index in [0.29, 0.717) is 6.61 Å². The second kappa shape index (κ2) is 5.92. The standard InChI is InChI=1S/C14H19N3O3/c1-4-20-9(3)13(18)15-8(2)10-5-6-11-12(7-10)17-14(19)16-11/h5-9H,4H2,1-3H3,(H,15,18)(H2,16,17,19)/t8-,9+/m1/s1. The first-order chi connectivity index (χ1) is 9.51. The van der Waals surface area contributed by atoms with E-state index < -0.39 is 6.10 Å². The molecule has 0 aliphatic heterocycles. The normalized spacial score (nSPS) is 14.2. The number of benzene rings is 1. The fourth-order valence-corrected chi connectivity index (χ4v) is 2.06. The molecule has 0 saturated heterocycles. The highest BCUT2D eigenvalue weighted by Crippen LogP contribution is 2.17. The van der Waals surface area contributed by atoms with E-state index in [9.17, 15) is 9.59 Å². The van der Waals surface area contributed by atoms with Crippen LogP contribution in [0.4, 0.5) is 0 Å². The Morgan fingerprint density at radius 3 is 2.70 bits per heavy atom. The number of aromatic nitrogens is 2. The number of rotatable bonds is 5. The maximum absolute atomic E-state index is 11.9. The smallest absolute Gasteiger partial charge is 0.323 e. The zero-order chi connectivity index (χ0) is 14.7. The largest absolute Gasteiger partial charge is 0.369 e. The van der Waals surface area contributed by atoms with Crippen LogP contribution in [0.2, 0.25) is 0 Å². The first kappa shape index (κ1) is 14.3. The number of imidazole rings is 1. The number of carbonyl (C=O) groups excluding carboxylic acids is 1. The molecule has 0 unspecified atom stereocenters. The Hall–Kier alpha value is -2.08. The highest BCUT2D eigenvalue weighted by atomic mass is 16.5. The molecule has 0 spiro atoms. The highest BCUT2D eigenvalue weighted by Gasteiger charge is 2.16. The second-order valence-electron chi connectivity index (χ2n) is 4.71. The van der Waals surface area contributed by atoms with Crippen molar-refractivity contribution in [2.75, 3.05) is 6.61 Å². The first-order valence-electron chi connectivity index (χ1n) is 6.65. The van der Waals surface area contributed by atoms with Crippen molar-refractivity contribution < 1.29 is 9.53 Å². The number of hydrogen-bond donors (Lipinski definition) is 3. The number of aromatic amines is 2. The van der Waals surface area contributed by atoms with Crippen LogP contribution < -0.4 is 11.0 Å². The van der Waals surface area contributed by atoms with Crippen LogP contribution in [0.5, 0.6) is 0 Å². The average Bonchev–Trinajstić information content (AvgIpc) is 2.77. The molecule has 1 aromatic heterocycles. The van der Waals surface area contributed by atoms with Crippen molar-refractivity contribution in [2.24, 2.45) is 0 Å². The average molecular weight is 277 g/mol. The van der Waals surface area contributed by atoms with Gasteiger partial charge in [0.1, 0.15) is 6.10 Å². The van der Waals surface area contributed by atoms with Crippen LogP contribution in [-0.4, -0.2) is 28.6 Å². The Balaban J connectivity index is 2.12. The predicted molar refractivity (Wildman–Crippen MR) is 76.6 cm³/mol. The van der Waals surface area contributed by atoms with Gasteiger partial charge in [-0.25, -0.2) is 4.79 Å². The topological polar surface area (TPSA) is 87.0 Å². The van der Waals surface area contributed by atoms with Crippen molar-refractivity contribution in [3.8, 4) is 0 Å². The Labute approximate surface area is 116 Å². The van der Waals surface area contributed by atoms with Gasteiger partial charge in [-0.2, -0.15) is 0 Å². The Bertz CT molecular complexity index is 659. The van der Waals surface area contributed by atoms with E-state index in [4.69, 9.17) is 4.74 Å². The SMILES string of the molecule is CCO[C@@H](C)C(=O)N[C@H](C)c1ccc2[nH]c(=O)[nH]c2c1. The monoisotopic (exact) mass is 277 g/mol. The Morgan fingerprint density at radius 2 is 2.00 bits per heavy atom. The molecule has 0 radical (unpaired) electrons. The van der Waals surface area contributed by atoms with Crippen molar-refractivity contribution in [3.05, 3.63) is 34.2 Å². The minimum Gasteiger partial charge on any atom is -0.369 e. The van der Waals surface area contributed by atoms with Crippen LogP contribution in [0.1, 0.15) is 32.4 Å². The molecule has 0 aliphatic rings. The van der Waals surface area contributed by atoms with Gasteiger partial charge in [-0.05, 0) is 38.5 Å². The van der Waals surface area contributed by atoms with Gasteiger partial charge in [0.2, 0.25) is 5.91 Å². The van der Waals surface area contributed by atoms with Crippen LogP contribution in [0.15, 0.2) is 23.0 Å². The van der Waals surface area contributed by atoms with Crippen molar-refractivity contribution in [1.29, 1.82) is 0 Å². The van der Waals surface area contributed by atoms with Crippen LogP contribution in [0.25, 0.3) is 11.0 Å². The van der Waals surface area contributed by atoms with E-state index in [1.807, 2.05) is 32.0 Å². The summed E-state index contributed by atoms with van der Waals surface area (Å²) in [6.45, 7) is 5.96. The summed E-state index contributed by atoms with van der Waals surface area (Å²) < 4.78 is 5.25. The molecule has 6 heteroatoms.